The second-order valence-corrected chi connectivity index (χ2v) is 14.5. The molecule has 4 aromatic carbocycles. The van der Waals surface area contributed by atoms with Crippen LogP contribution in [0.25, 0.3) is 21.9 Å². The van der Waals surface area contributed by atoms with E-state index in [-0.39, 0.29) is 16.2 Å². The summed E-state index contributed by atoms with van der Waals surface area (Å²) < 4.78 is 6.65. The molecule has 0 amide bonds. The van der Waals surface area contributed by atoms with Crippen LogP contribution in [0.3, 0.4) is 0 Å². The van der Waals surface area contributed by atoms with Crippen LogP contribution in [0.15, 0.2) is 77.2 Å². The van der Waals surface area contributed by atoms with Crippen LogP contribution in [-0.2, 0) is 16.2 Å². The molecule has 6 rings (SSSR count). The van der Waals surface area contributed by atoms with E-state index in [2.05, 4.69) is 127 Å². The summed E-state index contributed by atoms with van der Waals surface area (Å²) in [6.07, 6.45) is 2.36. The Balaban J connectivity index is 1.63. The van der Waals surface area contributed by atoms with Gasteiger partial charge in [-0.2, -0.15) is 0 Å². The highest BCUT2D eigenvalue weighted by atomic mass is 35.5. The minimum Gasteiger partial charge on any atom is -0.454 e. The topological polar surface area (TPSA) is 16.4 Å². The van der Waals surface area contributed by atoms with Crippen molar-refractivity contribution in [2.45, 2.75) is 84.5 Å². The van der Waals surface area contributed by atoms with Crippen LogP contribution in [0.5, 0.6) is 0 Å². The summed E-state index contributed by atoms with van der Waals surface area (Å²) in [6, 6.07) is 26.4. The monoisotopic (exact) mass is 549 g/mol. The van der Waals surface area contributed by atoms with E-state index < -0.39 is 0 Å². The van der Waals surface area contributed by atoms with Crippen LogP contribution < -0.4 is 4.90 Å². The van der Waals surface area contributed by atoms with Gasteiger partial charge < -0.3 is 9.32 Å². The van der Waals surface area contributed by atoms with Crippen molar-refractivity contribution in [3.05, 3.63) is 100 Å². The molecule has 0 fully saturated rings. The molecule has 0 N–H and O–H groups in total. The number of hydrogen-bond acceptors (Lipinski definition) is 2. The van der Waals surface area contributed by atoms with Gasteiger partial charge in [0.15, 0.2) is 5.58 Å². The first kappa shape index (κ1) is 27.0. The third kappa shape index (κ3) is 4.51. The second-order valence-electron chi connectivity index (χ2n) is 14.0. The number of fused-ring (bicyclic) bond motifs is 4. The van der Waals surface area contributed by atoms with E-state index in [1.54, 1.807) is 0 Å². The van der Waals surface area contributed by atoms with Crippen molar-refractivity contribution >= 4 is 50.6 Å². The molecule has 1 aliphatic rings. The van der Waals surface area contributed by atoms with Crippen LogP contribution in [-0.4, -0.2) is 0 Å². The van der Waals surface area contributed by atoms with Gasteiger partial charge in [0, 0.05) is 27.2 Å². The third-order valence-corrected chi connectivity index (χ3v) is 9.18. The molecular weight excluding hydrogens is 510 g/mol. The Morgan fingerprint density at radius 1 is 0.750 bits per heavy atom. The SMILES string of the molecule is Cc1cc(Cl)cc(N(c2ccc3c(c2)C(C)(C)CCC3(C)C)c2cccc3c2oc2ccc(C(C)(C)C)cc23)c1. The minimum atomic E-state index is 0.0590. The van der Waals surface area contributed by atoms with Gasteiger partial charge in [-0.25, -0.2) is 0 Å². The first-order valence-corrected chi connectivity index (χ1v) is 14.8. The lowest BCUT2D eigenvalue weighted by Crippen LogP contribution is -2.34. The predicted molar refractivity (Wildman–Crippen MR) is 172 cm³/mol. The molecule has 0 bridgehead atoms. The van der Waals surface area contributed by atoms with Crippen LogP contribution in [0, 0.1) is 6.92 Å². The summed E-state index contributed by atoms with van der Waals surface area (Å²) in [5, 5.41) is 3.01. The van der Waals surface area contributed by atoms with E-state index in [1.165, 1.54) is 29.5 Å². The Morgan fingerprint density at radius 3 is 2.17 bits per heavy atom. The maximum Gasteiger partial charge on any atom is 0.159 e. The van der Waals surface area contributed by atoms with Gasteiger partial charge in [0.1, 0.15) is 5.58 Å². The van der Waals surface area contributed by atoms with E-state index >= 15 is 0 Å². The van der Waals surface area contributed by atoms with Gasteiger partial charge in [0.25, 0.3) is 0 Å². The number of halogens is 1. The molecule has 40 heavy (non-hydrogen) atoms. The minimum absolute atomic E-state index is 0.0590. The molecule has 0 spiro atoms. The number of nitrogens with zero attached hydrogens (tertiary/aromatic N) is 1. The molecule has 1 aliphatic carbocycles. The van der Waals surface area contributed by atoms with Crippen molar-refractivity contribution in [2.75, 3.05) is 4.90 Å². The van der Waals surface area contributed by atoms with Crippen molar-refractivity contribution in [1.82, 2.24) is 0 Å². The maximum atomic E-state index is 6.66. The number of para-hydroxylation sites is 1. The summed E-state index contributed by atoms with van der Waals surface area (Å²) in [5.41, 5.74) is 10.6. The quantitative estimate of drug-likeness (QED) is 0.222. The summed E-state index contributed by atoms with van der Waals surface area (Å²) in [7, 11) is 0. The molecule has 0 atom stereocenters. The normalized spacial score (nSPS) is 16.3. The maximum absolute atomic E-state index is 6.66. The lowest BCUT2D eigenvalue weighted by Gasteiger charge is -2.42. The van der Waals surface area contributed by atoms with E-state index in [1.807, 2.05) is 6.07 Å². The number of benzene rings is 4. The van der Waals surface area contributed by atoms with Gasteiger partial charge in [0.2, 0.25) is 0 Å². The zero-order chi connectivity index (χ0) is 28.6. The average molecular weight is 550 g/mol. The highest BCUT2D eigenvalue weighted by Crippen LogP contribution is 2.49. The molecule has 0 unspecified atom stereocenters. The molecular formula is C37H40ClNO. The number of furan rings is 1. The van der Waals surface area contributed by atoms with Crippen LogP contribution >= 0.6 is 11.6 Å². The standard InChI is InChI=1S/C37H40ClNO/c1-23-18-25(38)21-27(19-23)39(26-13-14-30-31(22-26)37(7,8)17-16-36(30,5)6)32-11-9-10-28-29-20-24(35(2,3)4)12-15-33(29)40-34(28)32/h9-15,18-22H,16-17H2,1-8H3. The first-order chi connectivity index (χ1) is 18.7. The fourth-order valence-electron chi connectivity index (χ4n) is 6.42. The summed E-state index contributed by atoms with van der Waals surface area (Å²) in [6.45, 7) is 18.4. The molecule has 0 saturated carbocycles. The first-order valence-electron chi connectivity index (χ1n) is 14.4. The fourth-order valence-corrected chi connectivity index (χ4v) is 6.70. The number of anilines is 3. The Labute approximate surface area is 244 Å². The molecule has 3 heteroatoms. The van der Waals surface area contributed by atoms with Crippen LogP contribution in [0.1, 0.15) is 83.6 Å². The largest absolute Gasteiger partial charge is 0.454 e. The van der Waals surface area contributed by atoms with E-state index in [9.17, 15) is 0 Å². The van der Waals surface area contributed by atoms with Crippen molar-refractivity contribution in [3.8, 4) is 0 Å². The van der Waals surface area contributed by atoms with E-state index in [0.717, 1.165) is 49.6 Å². The molecule has 5 aromatic rings. The smallest absolute Gasteiger partial charge is 0.159 e. The molecule has 1 heterocycles. The third-order valence-electron chi connectivity index (χ3n) is 8.96. The van der Waals surface area contributed by atoms with Gasteiger partial charge in [-0.3, -0.25) is 0 Å². The molecule has 0 radical (unpaired) electrons. The van der Waals surface area contributed by atoms with Crippen molar-refractivity contribution in [1.29, 1.82) is 0 Å². The van der Waals surface area contributed by atoms with Gasteiger partial charge >= 0.3 is 0 Å². The second kappa shape index (κ2) is 9.14. The summed E-state index contributed by atoms with van der Waals surface area (Å²) >= 11 is 6.66. The van der Waals surface area contributed by atoms with Gasteiger partial charge in [-0.15, -0.1) is 0 Å². The highest BCUT2D eigenvalue weighted by Gasteiger charge is 2.37. The number of hydrogen-bond donors (Lipinski definition) is 0. The lowest BCUT2D eigenvalue weighted by atomic mass is 9.63. The fraction of sp³-hybridized carbons (Fsp3) is 0.351. The molecule has 206 valence electrons. The number of rotatable bonds is 3. The molecule has 1 aromatic heterocycles. The summed E-state index contributed by atoms with van der Waals surface area (Å²) in [4.78, 5) is 2.33. The van der Waals surface area contributed by atoms with Crippen LogP contribution in [0.4, 0.5) is 17.1 Å². The van der Waals surface area contributed by atoms with Gasteiger partial charge in [-0.1, -0.05) is 84.3 Å². The lowest BCUT2D eigenvalue weighted by molar-refractivity contribution is 0.332. The average Bonchev–Trinajstić information content (AvgIpc) is 3.25. The molecule has 0 aliphatic heterocycles. The van der Waals surface area contributed by atoms with Crippen LogP contribution in [0.2, 0.25) is 5.02 Å². The highest BCUT2D eigenvalue weighted by molar-refractivity contribution is 6.31. The predicted octanol–water partition coefficient (Wildman–Crippen LogP) is 11.7. The molecule has 2 nitrogen and oxygen atoms in total. The zero-order valence-corrected chi connectivity index (χ0v) is 25.8. The zero-order valence-electron chi connectivity index (χ0n) is 25.1. The van der Waals surface area contributed by atoms with E-state index in [0.29, 0.717) is 0 Å². The molecule has 0 saturated heterocycles. The van der Waals surface area contributed by atoms with Crippen molar-refractivity contribution < 1.29 is 4.42 Å². The van der Waals surface area contributed by atoms with Gasteiger partial charge in [-0.05, 0) is 107 Å². The Morgan fingerprint density at radius 2 is 1.48 bits per heavy atom. The summed E-state index contributed by atoms with van der Waals surface area (Å²) in [5.74, 6) is 0. The Bertz CT molecular complexity index is 1740. The Hall–Kier alpha value is -3.23. The Kier molecular flexibility index (Phi) is 6.16. The van der Waals surface area contributed by atoms with E-state index in [4.69, 9.17) is 16.0 Å². The van der Waals surface area contributed by atoms with Crippen molar-refractivity contribution in [3.63, 3.8) is 0 Å². The van der Waals surface area contributed by atoms with Gasteiger partial charge in [0.05, 0.1) is 5.69 Å². The number of aryl methyl sites for hydroxylation is 1. The van der Waals surface area contributed by atoms with Crippen molar-refractivity contribution in [2.24, 2.45) is 0 Å².